The molecule has 0 fully saturated rings. The number of hydrogen-bond donors (Lipinski definition) is 0. The van der Waals surface area contributed by atoms with Crippen LogP contribution in [0.15, 0.2) is 16.6 Å². The summed E-state index contributed by atoms with van der Waals surface area (Å²) in [5.74, 6) is -0.644. The molecule has 0 amide bonds. The van der Waals surface area contributed by atoms with Crippen LogP contribution in [0.4, 0.5) is 0 Å². The van der Waals surface area contributed by atoms with Crippen LogP contribution in [-0.2, 0) is 4.74 Å². The van der Waals surface area contributed by atoms with Crippen LogP contribution in [-0.4, -0.2) is 19.4 Å². The average Bonchev–Trinajstić information content (AvgIpc) is 2.26. The molecule has 0 heterocycles. The summed E-state index contributed by atoms with van der Waals surface area (Å²) in [7, 11) is 1.21. The van der Waals surface area contributed by atoms with E-state index in [1.54, 1.807) is 0 Å². The summed E-state index contributed by atoms with van der Waals surface area (Å²) in [6, 6.07) is 4.67. The molecule has 0 aliphatic heterocycles. The number of hydrogen-bond acceptors (Lipinski definition) is 4. The maximum Gasteiger partial charge on any atom is 0.338 e. The van der Waals surface area contributed by atoms with Crippen molar-refractivity contribution in [1.29, 1.82) is 5.26 Å². The van der Waals surface area contributed by atoms with Crippen LogP contribution >= 0.6 is 15.9 Å². The van der Waals surface area contributed by atoms with Crippen molar-refractivity contribution in [3.05, 3.63) is 33.3 Å². The van der Waals surface area contributed by atoms with Gasteiger partial charge in [-0.3, -0.25) is 4.79 Å². The molecule has 0 unspecified atom stereocenters. The molecular weight excluding hydrogens is 262 g/mol. The van der Waals surface area contributed by atoms with Crippen molar-refractivity contribution in [3.8, 4) is 6.07 Å². The topological polar surface area (TPSA) is 67.2 Å². The molecule has 1 aromatic rings. The van der Waals surface area contributed by atoms with Gasteiger partial charge in [0.15, 0.2) is 6.29 Å². The number of rotatable bonds is 2. The molecule has 0 aliphatic rings. The van der Waals surface area contributed by atoms with Gasteiger partial charge < -0.3 is 4.74 Å². The van der Waals surface area contributed by atoms with Crippen molar-refractivity contribution in [2.75, 3.05) is 7.11 Å². The molecule has 0 bridgehead atoms. The number of nitriles is 1. The lowest BCUT2D eigenvalue weighted by Crippen LogP contribution is -2.06. The summed E-state index contributed by atoms with van der Waals surface area (Å²) in [5, 5.41) is 8.69. The lowest BCUT2D eigenvalue weighted by atomic mass is 10.1. The van der Waals surface area contributed by atoms with E-state index in [4.69, 9.17) is 5.26 Å². The van der Waals surface area contributed by atoms with Gasteiger partial charge in [-0.15, -0.1) is 0 Å². The maximum atomic E-state index is 11.3. The van der Waals surface area contributed by atoms with Gasteiger partial charge in [0, 0.05) is 10.0 Å². The minimum Gasteiger partial charge on any atom is -0.465 e. The van der Waals surface area contributed by atoms with Gasteiger partial charge in [-0.1, -0.05) is 0 Å². The highest BCUT2D eigenvalue weighted by Crippen LogP contribution is 2.22. The molecule has 4 nitrogen and oxygen atoms in total. The van der Waals surface area contributed by atoms with Crippen LogP contribution in [0.1, 0.15) is 26.3 Å². The first kappa shape index (κ1) is 11.4. The molecule has 1 rings (SSSR count). The van der Waals surface area contributed by atoms with Gasteiger partial charge in [-0.25, -0.2) is 4.79 Å². The molecule has 0 spiro atoms. The van der Waals surface area contributed by atoms with Gasteiger partial charge in [0.1, 0.15) is 0 Å². The van der Waals surface area contributed by atoms with E-state index in [2.05, 4.69) is 20.7 Å². The number of esters is 1. The molecule has 0 saturated heterocycles. The predicted molar refractivity (Wildman–Crippen MR) is 55.6 cm³/mol. The van der Waals surface area contributed by atoms with Crippen molar-refractivity contribution >= 4 is 28.2 Å². The lowest BCUT2D eigenvalue weighted by Gasteiger charge is -2.05. The Morgan fingerprint density at radius 2 is 2.27 bits per heavy atom. The number of benzene rings is 1. The van der Waals surface area contributed by atoms with Gasteiger partial charge in [0.25, 0.3) is 0 Å². The SMILES string of the molecule is COC(=O)c1cc(C#N)cc(Br)c1C=O. The summed E-state index contributed by atoms with van der Waals surface area (Å²) < 4.78 is 4.91. The largest absolute Gasteiger partial charge is 0.465 e. The van der Waals surface area contributed by atoms with E-state index in [1.807, 2.05) is 6.07 Å². The van der Waals surface area contributed by atoms with Crippen LogP contribution in [0.5, 0.6) is 0 Å². The zero-order chi connectivity index (χ0) is 11.4. The normalized spacial score (nSPS) is 9.13. The molecule has 76 valence electrons. The highest BCUT2D eigenvalue weighted by atomic mass is 79.9. The zero-order valence-corrected chi connectivity index (χ0v) is 9.37. The molecule has 0 aromatic heterocycles. The Morgan fingerprint density at radius 3 is 2.73 bits per heavy atom. The highest BCUT2D eigenvalue weighted by molar-refractivity contribution is 9.10. The Morgan fingerprint density at radius 1 is 1.60 bits per heavy atom. The first-order chi connectivity index (χ1) is 7.13. The fourth-order valence-corrected chi connectivity index (χ4v) is 1.63. The predicted octanol–water partition coefficient (Wildman–Crippen LogP) is 1.92. The van der Waals surface area contributed by atoms with Gasteiger partial charge in [0.2, 0.25) is 0 Å². The fourth-order valence-electron chi connectivity index (χ4n) is 1.08. The van der Waals surface area contributed by atoms with E-state index >= 15 is 0 Å². The van der Waals surface area contributed by atoms with E-state index in [-0.39, 0.29) is 16.7 Å². The Labute approximate surface area is 94.6 Å². The smallest absolute Gasteiger partial charge is 0.338 e. The first-order valence-electron chi connectivity index (χ1n) is 3.91. The number of carbonyl (C=O) groups is 2. The average molecular weight is 268 g/mol. The summed E-state index contributed by atoms with van der Waals surface area (Å²) in [5.41, 5.74) is 0.548. The summed E-state index contributed by atoms with van der Waals surface area (Å²) in [4.78, 5) is 22.0. The maximum absolute atomic E-state index is 11.3. The zero-order valence-electron chi connectivity index (χ0n) is 7.78. The van der Waals surface area contributed by atoms with Crippen molar-refractivity contribution < 1.29 is 14.3 Å². The Bertz CT molecular complexity index is 462. The number of ether oxygens (including phenoxy) is 1. The second kappa shape index (κ2) is 4.71. The molecule has 0 saturated carbocycles. The highest BCUT2D eigenvalue weighted by Gasteiger charge is 2.15. The Hall–Kier alpha value is -1.67. The third kappa shape index (κ3) is 2.22. The summed E-state index contributed by atoms with van der Waals surface area (Å²) >= 11 is 3.11. The quantitative estimate of drug-likeness (QED) is 0.607. The van der Waals surface area contributed by atoms with Crippen LogP contribution in [0, 0.1) is 11.3 Å². The van der Waals surface area contributed by atoms with E-state index < -0.39 is 5.97 Å². The van der Waals surface area contributed by atoms with Crippen molar-refractivity contribution in [2.45, 2.75) is 0 Å². The van der Waals surface area contributed by atoms with E-state index in [1.165, 1.54) is 19.2 Å². The van der Waals surface area contributed by atoms with E-state index in [0.29, 0.717) is 10.8 Å². The molecule has 0 N–H and O–H groups in total. The molecule has 0 aliphatic carbocycles. The van der Waals surface area contributed by atoms with Gasteiger partial charge in [-0.05, 0) is 28.1 Å². The van der Waals surface area contributed by atoms with Crippen LogP contribution < -0.4 is 0 Å². The third-order valence-electron chi connectivity index (χ3n) is 1.78. The van der Waals surface area contributed by atoms with Crippen LogP contribution in [0.2, 0.25) is 0 Å². The molecule has 5 heteroatoms. The number of carbonyl (C=O) groups excluding carboxylic acids is 2. The minimum atomic E-state index is -0.644. The van der Waals surface area contributed by atoms with Crippen LogP contribution in [0.25, 0.3) is 0 Å². The first-order valence-corrected chi connectivity index (χ1v) is 4.70. The Balaban J connectivity index is 3.46. The number of methoxy groups -OCH3 is 1. The van der Waals surface area contributed by atoms with Gasteiger partial charge in [-0.2, -0.15) is 5.26 Å². The van der Waals surface area contributed by atoms with E-state index in [0.717, 1.165) is 0 Å². The van der Waals surface area contributed by atoms with Crippen molar-refractivity contribution in [2.24, 2.45) is 0 Å². The lowest BCUT2D eigenvalue weighted by molar-refractivity contribution is 0.0598. The Kier molecular flexibility index (Phi) is 3.58. The standard InChI is InChI=1S/C10H6BrNO3/c1-15-10(14)7-2-6(4-12)3-9(11)8(7)5-13/h2-3,5H,1H3. The van der Waals surface area contributed by atoms with Gasteiger partial charge in [0.05, 0.1) is 24.3 Å². The molecule has 0 radical (unpaired) electrons. The summed E-state index contributed by atoms with van der Waals surface area (Å²) in [6.07, 6.45) is 0.539. The van der Waals surface area contributed by atoms with Crippen molar-refractivity contribution in [1.82, 2.24) is 0 Å². The summed E-state index contributed by atoms with van der Waals surface area (Å²) in [6.45, 7) is 0. The second-order valence-electron chi connectivity index (χ2n) is 2.64. The number of nitrogens with zero attached hydrogens (tertiary/aromatic N) is 1. The fraction of sp³-hybridized carbons (Fsp3) is 0.100. The number of halogens is 1. The van der Waals surface area contributed by atoms with Crippen molar-refractivity contribution in [3.63, 3.8) is 0 Å². The van der Waals surface area contributed by atoms with E-state index in [9.17, 15) is 9.59 Å². The minimum absolute atomic E-state index is 0.0819. The van der Waals surface area contributed by atoms with Crippen LogP contribution in [0.3, 0.4) is 0 Å². The molecule has 15 heavy (non-hydrogen) atoms. The molecule has 0 atom stereocenters. The second-order valence-corrected chi connectivity index (χ2v) is 3.49. The third-order valence-corrected chi connectivity index (χ3v) is 2.44. The van der Waals surface area contributed by atoms with Gasteiger partial charge >= 0.3 is 5.97 Å². The molecular formula is C10H6BrNO3. The molecule has 1 aromatic carbocycles. The monoisotopic (exact) mass is 267 g/mol. The number of aldehydes is 1.